The van der Waals surface area contributed by atoms with Crippen molar-refractivity contribution in [3.05, 3.63) is 53.1 Å². The standard InChI is InChI=1S/C16H16ClNO5S/c1-3-23-16(19)11-5-4-6-12(9-11)18-24(20,21)13-7-8-15(22-2)14(17)10-13/h4-10,18H,3H2,1-2H3. The summed E-state index contributed by atoms with van der Waals surface area (Å²) in [7, 11) is -2.42. The van der Waals surface area contributed by atoms with Crippen molar-refractivity contribution >= 4 is 33.3 Å². The molecule has 0 spiro atoms. The number of rotatable bonds is 6. The Hall–Kier alpha value is -2.25. The molecule has 0 aliphatic heterocycles. The molecular formula is C16H16ClNO5S. The van der Waals surface area contributed by atoms with E-state index in [9.17, 15) is 13.2 Å². The summed E-state index contributed by atoms with van der Waals surface area (Å²) in [5.74, 6) is -0.147. The Balaban J connectivity index is 2.28. The maximum Gasteiger partial charge on any atom is 0.338 e. The van der Waals surface area contributed by atoms with Gasteiger partial charge in [-0.15, -0.1) is 0 Å². The number of methoxy groups -OCH3 is 1. The third-order valence-corrected chi connectivity index (χ3v) is 4.73. The van der Waals surface area contributed by atoms with E-state index in [4.69, 9.17) is 21.1 Å². The van der Waals surface area contributed by atoms with Gasteiger partial charge in [0, 0.05) is 5.69 Å². The van der Waals surface area contributed by atoms with Crippen molar-refractivity contribution in [1.29, 1.82) is 0 Å². The second-order valence-electron chi connectivity index (χ2n) is 4.70. The molecule has 0 amide bonds. The molecule has 0 atom stereocenters. The summed E-state index contributed by atoms with van der Waals surface area (Å²) in [5.41, 5.74) is 0.498. The molecular weight excluding hydrogens is 354 g/mol. The van der Waals surface area contributed by atoms with Crippen LogP contribution in [0.3, 0.4) is 0 Å². The van der Waals surface area contributed by atoms with Crippen LogP contribution in [0.1, 0.15) is 17.3 Å². The molecule has 1 N–H and O–H groups in total. The Labute approximate surface area is 145 Å². The average molecular weight is 370 g/mol. The number of nitrogens with one attached hydrogen (secondary N) is 1. The number of sulfonamides is 1. The summed E-state index contributed by atoms with van der Waals surface area (Å²) in [4.78, 5) is 11.7. The quantitative estimate of drug-likeness (QED) is 0.790. The lowest BCUT2D eigenvalue weighted by molar-refractivity contribution is 0.0526. The van der Waals surface area contributed by atoms with Crippen LogP contribution in [-0.4, -0.2) is 28.1 Å². The Kier molecular flexibility index (Phi) is 5.69. The van der Waals surface area contributed by atoms with Crippen molar-refractivity contribution in [1.82, 2.24) is 0 Å². The highest BCUT2D eigenvalue weighted by atomic mass is 35.5. The second-order valence-corrected chi connectivity index (χ2v) is 6.79. The molecule has 0 heterocycles. The molecule has 2 rings (SSSR count). The largest absolute Gasteiger partial charge is 0.495 e. The Morgan fingerprint density at radius 3 is 2.58 bits per heavy atom. The lowest BCUT2D eigenvalue weighted by Gasteiger charge is -2.11. The van der Waals surface area contributed by atoms with E-state index in [1.807, 2.05) is 0 Å². The molecule has 24 heavy (non-hydrogen) atoms. The van der Waals surface area contributed by atoms with Gasteiger partial charge >= 0.3 is 5.97 Å². The highest BCUT2D eigenvalue weighted by Crippen LogP contribution is 2.28. The fourth-order valence-electron chi connectivity index (χ4n) is 1.95. The van der Waals surface area contributed by atoms with Crippen molar-refractivity contribution < 1.29 is 22.7 Å². The molecule has 0 saturated heterocycles. The summed E-state index contributed by atoms with van der Waals surface area (Å²) in [6.45, 7) is 1.93. The van der Waals surface area contributed by atoms with Gasteiger partial charge in [-0.3, -0.25) is 4.72 Å². The number of carbonyl (C=O) groups is 1. The number of halogens is 1. The SMILES string of the molecule is CCOC(=O)c1cccc(NS(=O)(=O)c2ccc(OC)c(Cl)c2)c1. The van der Waals surface area contributed by atoms with Crippen molar-refractivity contribution in [2.45, 2.75) is 11.8 Å². The number of esters is 1. The number of carbonyl (C=O) groups excluding carboxylic acids is 1. The van der Waals surface area contributed by atoms with E-state index in [-0.39, 0.29) is 27.8 Å². The van der Waals surface area contributed by atoms with Crippen LogP contribution in [0.15, 0.2) is 47.4 Å². The predicted molar refractivity (Wildman–Crippen MR) is 91.2 cm³/mol. The topological polar surface area (TPSA) is 81.7 Å². The number of hydrogen-bond acceptors (Lipinski definition) is 5. The third kappa shape index (κ3) is 4.18. The Morgan fingerprint density at radius 2 is 1.96 bits per heavy atom. The number of benzene rings is 2. The van der Waals surface area contributed by atoms with Crippen LogP contribution in [0.2, 0.25) is 5.02 Å². The van der Waals surface area contributed by atoms with Gasteiger partial charge in [0.15, 0.2) is 0 Å². The lowest BCUT2D eigenvalue weighted by atomic mass is 10.2. The highest BCUT2D eigenvalue weighted by molar-refractivity contribution is 7.92. The van der Waals surface area contributed by atoms with Crippen LogP contribution in [0, 0.1) is 0 Å². The van der Waals surface area contributed by atoms with E-state index in [1.54, 1.807) is 19.1 Å². The Morgan fingerprint density at radius 1 is 1.21 bits per heavy atom. The average Bonchev–Trinajstić information content (AvgIpc) is 2.55. The van der Waals surface area contributed by atoms with Crippen LogP contribution in [-0.2, 0) is 14.8 Å². The van der Waals surface area contributed by atoms with Gasteiger partial charge in [0.1, 0.15) is 5.75 Å². The molecule has 0 aliphatic rings. The second kappa shape index (κ2) is 7.55. The maximum absolute atomic E-state index is 12.4. The van der Waals surface area contributed by atoms with E-state index < -0.39 is 16.0 Å². The molecule has 0 unspecified atom stereocenters. The molecule has 2 aromatic rings. The van der Waals surface area contributed by atoms with Crippen LogP contribution < -0.4 is 9.46 Å². The molecule has 0 saturated carbocycles. The van der Waals surface area contributed by atoms with Gasteiger partial charge in [-0.25, -0.2) is 13.2 Å². The zero-order chi connectivity index (χ0) is 17.7. The maximum atomic E-state index is 12.4. The fraction of sp³-hybridized carbons (Fsp3) is 0.188. The molecule has 8 heteroatoms. The molecule has 0 aromatic heterocycles. The summed E-state index contributed by atoms with van der Waals surface area (Å²) in [5, 5.41) is 0.181. The van der Waals surface area contributed by atoms with Gasteiger partial charge < -0.3 is 9.47 Å². The molecule has 128 valence electrons. The van der Waals surface area contributed by atoms with Crippen molar-refractivity contribution in [3.8, 4) is 5.75 Å². The molecule has 0 radical (unpaired) electrons. The zero-order valence-corrected chi connectivity index (χ0v) is 14.6. The van der Waals surface area contributed by atoms with E-state index in [1.165, 1.54) is 37.4 Å². The molecule has 0 bridgehead atoms. The van der Waals surface area contributed by atoms with Crippen LogP contribution >= 0.6 is 11.6 Å². The van der Waals surface area contributed by atoms with Gasteiger partial charge in [-0.2, -0.15) is 0 Å². The third-order valence-electron chi connectivity index (χ3n) is 3.06. The lowest BCUT2D eigenvalue weighted by Crippen LogP contribution is -2.13. The first-order chi connectivity index (χ1) is 11.4. The van der Waals surface area contributed by atoms with Gasteiger partial charge in [0.2, 0.25) is 0 Å². The Bertz CT molecular complexity index is 851. The van der Waals surface area contributed by atoms with Gasteiger partial charge in [0.05, 0.1) is 29.2 Å². The first kappa shape index (κ1) is 18.1. The van der Waals surface area contributed by atoms with Crippen LogP contribution in [0.5, 0.6) is 5.75 Å². The van der Waals surface area contributed by atoms with Gasteiger partial charge in [-0.05, 0) is 43.3 Å². The minimum absolute atomic E-state index is 0.0187. The summed E-state index contributed by atoms with van der Waals surface area (Å²) < 4.78 is 37.2. The van der Waals surface area contributed by atoms with Gasteiger partial charge in [-0.1, -0.05) is 17.7 Å². The van der Waals surface area contributed by atoms with E-state index >= 15 is 0 Å². The van der Waals surface area contributed by atoms with Gasteiger partial charge in [0.25, 0.3) is 10.0 Å². The molecule has 6 nitrogen and oxygen atoms in total. The van der Waals surface area contributed by atoms with Crippen LogP contribution in [0.25, 0.3) is 0 Å². The van der Waals surface area contributed by atoms with E-state index in [0.29, 0.717) is 5.75 Å². The monoisotopic (exact) mass is 369 g/mol. The molecule has 2 aromatic carbocycles. The van der Waals surface area contributed by atoms with Crippen molar-refractivity contribution in [3.63, 3.8) is 0 Å². The first-order valence-corrected chi connectivity index (χ1v) is 8.87. The smallest absolute Gasteiger partial charge is 0.338 e. The van der Waals surface area contributed by atoms with E-state index in [0.717, 1.165) is 0 Å². The molecule has 0 fully saturated rings. The van der Waals surface area contributed by atoms with Crippen molar-refractivity contribution in [2.24, 2.45) is 0 Å². The minimum Gasteiger partial charge on any atom is -0.495 e. The minimum atomic E-state index is -3.86. The summed E-state index contributed by atoms with van der Waals surface area (Å²) >= 11 is 5.96. The zero-order valence-electron chi connectivity index (χ0n) is 13.1. The van der Waals surface area contributed by atoms with Crippen LogP contribution in [0.4, 0.5) is 5.69 Å². The van der Waals surface area contributed by atoms with E-state index in [2.05, 4.69) is 4.72 Å². The molecule has 0 aliphatic carbocycles. The first-order valence-electron chi connectivity index (χ1n) is 7.01. The van der Waals surface area contributed by atoms with Crippen molar-refractivity contribution in [2.75, 3.05) is 18.4 Å². The predicted octanol–water partition coefficient (Wildman–Crippen LogP) is 3.33. The summed E-state index contributed by atoms with van der Waals surface area (Å²) in [6, 6.07) is 10.2. The fourth-order valence-corrected chi connectivity index (χ4v) is 3.35. The normalized spacial score (nSPS) is 11.0. The highest BCUT2D eigenvalue weighted by Gasteiger charge is 2.17. The number of ether oxygens (including phenoxy) is 2. The number of anilines is 1. The number of hydrogen-bond donors (Lipinski definition) is 1. The summed E-state index contributed by atoms with van der Waals surface area (Å²) in [6.07, 6.45) is 0.